The van der Waals surface area contributed by atoms with Gasteiger partial charge in [0.1, 0.15) is 0 Å². The molecule has 0 spiro atoms. The van der Waals surface area contributed by atoms with Gasteiger partial charge < -0.3 is 50.4 Å². The zero-order valence-corrected chi connectivity index (χ0v) is 59.2. The van der Waals surface area contributed by atoms with Crippen molar-refractivity contribution in [3.63, 3.8) is 0 Å². The van der Waals surface area contributed by atoms with Gasteiger partial charge in [0.15, 0.2) is 0 Å². The molecule has 0 aliphatic rings. The van der Waals surface area contributed by atoms with E-state index < -0.39 is 49.6 Å². The number of hydrogen-bond acceptors (Lipinski definition) is 8. The van der Waals surface area contributed by atoms with Gasteiger partial charge in [-0.1, -0.05) is 318 Å². The third-order valence-electron chi connectivity index (χ3n) is 14.0. The van der Waals surface area contributed by atoms with Gasteiger partial charge in [0.25, 0.3) is 0 Å². The van der Waals surface area contributed by atoms with Crippen LogP contribution in [0, 0.1) is 0 Å². The fourth-order valence-corrected chi connectivity index (χ4v) is 8.63. The molecule has 0 unspecified atom stereocenters. The molecule has 0 amide bonds. The molecule has 0 bridgehead atoms. The molecule has 0 saturated carbocycles. The van der Waals surface area contributed by atoms with Crippen molar-refractivity contribution in [2.75, 3.05) is 0 Å². The minimum absolute atomic E-state index is 0.341. The highest BCUT2D eigenvalue weighted by Gasteiger charge is 2.02. The molecule has 0 heterocycles. The van der Waals surface area contributed by atoms with Crippen molar-refractivity contribution >= 4 is 49.6 Å². The maximum Gasteiger partial charge on any atom is 0.466 e. The summed E-state index contributed by atoms with van der Waals surface area (Å²) < 4.78 is 8.88. The molecular weight excluding hydrogens is 1160 g/mol. The molecule has 0 aliphatic carbocycles. The van der Waals surface area contributed by atoms with Gasteiger partial charge in [-0.15, -0.1) is 0 Å². The number of phosphoric acid groups is 1. The Morgan fingerprint density at radius 1 is 0.180 bits per heavy atom. The number of carbonyl (C=O) groups is 7. The van der Waals surface area contributed by atoms with Crippen LogP contribution in [0.2, 0.25) is 0 Å². The molecule has 0 rings (SSSR count). The molecule has 0 aromatic heterocycles. The number of carboxylic acid groups (broad SMARTS) is 7. The standard InChI is InChI=1S/7C10H20O2.H3O4P/c7*1-2-3-4-5-6-7-8-9-10(11)12;1-5(2,3)4/h7*2-9H2,1H3,(H,11,12);(H3,1,2,3,4). The highest BCUT2D eigenvalue weighted by Crippen LogP contribution is 2.26. The first-order chi connectivity index (χ1) is 42.4. The smallest absolute Gasteiger partial charge is 0.466 e. The van der Waals surface area contributed by atoms with E-state index in [1.54, 1.807) is 0 Å². The van der Waals surface area contributed by atoms with Crippen molar-refractivity contribution in [1.82, 2.24) is 0 Å². The Kier molecular flexibility index (Phi) is 106. The molecule has 0 radical (unpaired) electrons. The number of aliphatic carboxylic acids is 7. The molecule has 536 valence electrons. The molecule has 89 heavy (non-hydrogen) atoms. The Morgan fingerprint density at radius 3 is 0.315 bits per heavy atom. The van der Waals surface area contributed by atoms with Crippen molar-refractivity contribution in [3.8, 4) is 0 Å². The summed E-state index contributed by atoms with van der Waals surface area (Å²) in [5.41, 5.74) is 0. The number of rotatable bonds is 56. The van der Waals surface area contributed by atoms with Crippen LogP contribution in [0.5, 0.6) is 0 Å². The van der Waals surface area contributed by atoms with Crippen molar-refractivity contribution < 1.29 is 88.6 Å². The lowest BCUT2D eigenvalue weighted by Crippen LogP contribution is -1.93. The van der Waals surface area contributed by atoms with Crippen molar-refractivity contribution in [2.24, 2.45) is 0 Å². The first kappa shape index (κ1) is 102. The van der Waals surface area contributed by atoms with E-state index in [1.165, 1.54) is 225 Å². The zero-order valence-electron chi connectivity index (χ0n) is 58.3. The van der Waals surface area contributed by atoms with Crippen LogP contribution in [0.15, 0.2) is 0 Å². The Balaban J connectivity index is -0.000000141. The molecule has 0 aliphatic heterocycles. The summed E-state index contributed by atoms with van der Waals surface area (Å²) in [6, 6.07) is 0. The average molecular weight is 1300 g/mol. The van der Waals surface area contributed by atoms with Gasteiger partial charge in [0, 0.05) is 44.9 Å². The molecule has 18 nitrogen and oxygen atoms in total. The second-order valence-corrected chi connectivity index (χ2v) is 24.4. The first-order valence-corrected chi connectivity index (χ1v) is 37.3. The molecule has 0 atom stereocenters. The lowest BCUT2D eigenvalue weighted by Gasteiger charge is -1.98. The summed E-state index contributed by atoms with van der Waals surface area (Å²) in [5, 5.41) is 58.5. The van der Waals surface area contributed by atoms with Crippen LogP contribution < -0.4 is 0 Å². The van der Waals surface area contributed by atoms with E-state index in [0.29, 0.717) is 44.9 Å². The van der Waals surface area contributed by atoms with E-state index in [0.717, 1.165) is 89.9 Å². The zero-order chi connectivity index (χ0) is 69.1. The largest absolute Gasteiger partial charge is 0.481 e. The minimum Gasteiger partial charge on any atom is -0.481 e. The summed E-state index contributed by atoms with van der Waals surface area (Å²) in [5.74, 6) is -4.64. The Labute approximate surface area is 544 Å². The summed E-state index contributed by atoms with van der Waals surface area (Å²) >= 11 is 0. The van der Waals surface area contributed by atoms with Gasteiger partial charge in [-0.25, -0.2) is 4.57 Å². The lowest BCUT2D eigenvalue weighted by molar-refractivity contribution is -0.138. The van der Waals surface area contributed by atoms with E-state index in [9.17, 15) is 33.6 Å². The fraction of sp³-hybridized carbons (Fsp3) is 0.900. The van der Waals surface area contributed by atoms with Crippen LogP contribution in [0.25, 0.3) is 0 Å². The number of hydrogen-bond donors (Lipinski definition) is 10. The average Bonchev–Trinajstić information content (AvgIpc) is 3.45. The molecule has 10 N–H and O–H groups in total. The summed E-state index contributed by atoms with van der Waals surface area (Å²) in [6.45, 7) is 15.4. The van der Waals surface area contributed by atoms with E-state index in [2.05, 4.69) is 48.5 Å². The first-order valence-electron chi connectivity index (χ1n) is 35.7. The van der Waals surface area contributed by atoms with Gasteiger partial charge in [-0.05, 0) is 44.9 Å². The monoisotopic (exact) mass is 1300 g/mol. The highest BCUT2D eigenvalue weighted by molar-refractivity contribution is 7.45. The van der Waals surface area contributed by atoms with E-state index in [4.69, 9.17) is 55.0 Å². The van der Waals surface area contributed by atoms with Crippen molar-refractivity contribution in [2.45, 2.75) is 408 Å². The minimum atomic E-state index is -4.64. The van der Waals surface area contributed by atoms with Gasteiger partial charge in [-0.2, -0.15) is 0 Å². The number of carboxylic acids is 7. The molecular formula is C70H143O18P. The SMILES string of the molecule is CCCCCCCCCC(=O)O.CCCCCCCCCC(=O)O.CCCCCCCCCC(=O)O.CCCCCCCCCC(=O)O.CCCCCCCCCC(=O)O.CCCCCCCCCC(=O)O.CCCCCCCCCC(=O)O.O=P(O)(O)O. The van der Waals surface area contributed by atoms with Crippen molar-refractivity contribution in [3.05, 3.63) is 0 Å². The van der Waals surface area contributed by atoms with Gasteiger partial charge in [-0.3, -0.25) is 33.6 Å². The second kappa shape index (κ2) is 93.1. The molecule has 0 aromatic carbocycles. The van der Waals surface area contributed by atoms with E-state index >= 15 is 0 Å². The van der Waals surface area contributed by atoms with Crippen LogP contribution in [0.1, 0.15) is 408 Å². The predicted molar refractivity (Wildman–Crippen MR) is 366 cm³/mol. The summed E-state index contributed by atoms with van der Waals surface area (Å²) in [6.07, 6.45) is 60.5. The second-order valence-electron chi connectivity index (χ2n) is 23.4. The summed E-state index contributed by atoms with van der Waals surface area (Å²) in [4.78, 5) is 92.5. The Hall–Kier alpha value is -3.60. The third kappa shape index (κ3) is 162. The Morgan fingerprint density at radius 2 is 0.247 bits per heavy atom. The molecule has 0 saturated heterocycles. The highest BCUT2D eigenvalue weighted by atomic mass is 31.2. The van der Waals surface area contributed by atoms with Crippen LogP contribution in [-0.4, -0.2) is 92.2 Å². The van der Waals surface area contributed by atoms with E-state index in [-0.39, 0.29) is 0 Å². The molecule has 0 fully saturated rings. The predicted octanol–water partition coefficient (Wildman–Crippen LogP) is 21.6. The molecule has 19 heteroatoms. The number of unbranched alkanes of at least 4 members (excludes halogenated alkanes) is 42. The lowest BCUT2D eigenvalue weighted by atomic mass is 10.1. The van der Waals surface area contributed by atoms with E-state index in [1.807, 2.05) is 0 Å². The van der Waals surface area contributed by atoms with Crippen LogP contribution in [0.3, 0.4) is 0 Å². The third-order valence-corrected chi connectivity index (χ3v) is 14.0. The topological polar surface area (TPSA) is 339 Å². The summed E-state index contributed by atoms with van der Waals surface area (Å²) in [7, 11) is -4.64. The fourth-order valence-electron chi connectivity index (χ4n) is 8.63. The van der Waals surface area contributed by atoms with Gasteiger partial charge in [0.05, 0.1) is 0 Å². The van der Waals surface area contributed by atoms with Crippen molar-refractivity contribution in [1.29, 1.82) is 0 Å². The normalized spacial score (nSPS) is 10.2. The Bertz CT molecular complexity index is 1210. The van der Waals surface area contributed by atoms with Gasteiger partial charge in [0.2, 0.25) is 0 Å². The maximum absolute atomic E-state index is 10.1. The quantitative estimate of drug-likeness (QED) is 0.0200. The maximum atomic E-state index is 10.1. The van der Waals surface area contributed by atoms with Gasteiger partial charge >= 0.3 is 49.6 Å². The van der Waals surface area contributed by atoms with Crippen LogP contribution in [-0.2, 0) is 38.1 Å². The van der Waals surface area contributed by atoms with Crippen LogP contribution in [0.4, 0.5) is 0 Å². The van der Waals surface area contributed by atoms with Crippen LogP contribution >= 0.6 is 7.82 Å². The molecule has 0 aromatic rings.